The molecule has 0 aliphatic heterocycles. The van der Waals surface area contributed by atoms with Gasteiger partial charge in [0.05, 0.1) is 0 Å². The van der Waals surface area contributed by atoms with Crippen LogP contribution in [0.5, 0.6) is 0 Å². The van der Waals surface area contributed by atoms with E-state index in [9.17, 15) is 4.39 Å². The van der Waals surface area contributed by atoms with Crippen LogP contribution < -0.4 is 5.32 Å². The maximum Gasteiger partial charge on any atom is 0.127 e. The fraction of sp³-hybridized carbons (Fsp3) is 0.571. The zero-order valence-corrected chi connectivity index (χ0v) is 12.6. The number of hydrogen-bond acceptors (Lipinski definition) is 2. The number of rotatable bonds is 8. The lowest BCUT2D eigenvalue weighted by Crippen LogP contribution is -2.32. The van der Waals surface area contributed by atoms with Crippen LogP contribution in [0.4, 0.5) is 4.39 Å². The molecule has 2 nitrogen and oxygen atoms in total. The first-order chi connectivity index (χ1) is 8.67. The predicted octanol–water partition coefficient (Wildman–Crippen LogP) is 3.54. The van der Waals surface area contributed by atoms with Crippen LogP contribution in [-0.2, 0) is 11.2 Å². The predicted molar refractivity (Wildman–Crippen MR) is 76.4 cm³/mol. The van der Waals surface area contributed by atoms with E-state index in [0.717, 1.165) is 29.6 Å². The Morgan fingerprint density at radius 2 is 2.17 bits per heavy atom. The van der Waals surface area contributed by atoms with Gasteiger partial charge in [0.15, 0.2) is 0 Å². The maximum atomic E-state index is 13.8. The summed E-state index contributed by atoms with van der Waals surface area (Å²) in [6.45, 7) is 6.37. The van der Waals surface area contributed by atoms with Crippen LogP contribution in [0.15, 0.2) is 22.7 Å². The molecule has 0 radical (unpaired) electrons. The summed E-state index contributed by atoms with van der Waals surface area (Å²) in [6, 6.07) is 5.49. The fourth-order valence-corrected chi connectivity index (χ4v) is 2.22. The minimum atomic E-state index is -0.149. The molecule has 0 heterocycles. The topological polar surface area (TPSA) is 21.3 Å². The maximum absolute atomic E-state index is 13.8. The summed E-state index contributed by atoms with van der Waals surface area (Å²) < 4.78 is 19.9. The second kappa shape index (κ2) is 8.62. The molecular weight excluding hydrogens is 297 g/mol. The minimum absolute atomic E-state index is 0.149. The molecule has 102 valence electrons. The van der Waals surface area contributed by atoms with Crippen LogP contribution >= 0.6 is 15.9 Å². The summed E-state index contributed by atoms with van der Waals surface area (Å²) in [4.78, 5) is 0. The van der Waals surface area contributed by atoms with Crippen molar-refractivity contribution in [3.8, 4) is 0 Å². The Hall–Kier alpha value is -0.450. The summed E-state index contributed by atoms with van der Waals surface area (Å²) >= 11 is 3.27. The summed E-state index contributed by atoms with van der Waals surface area (Å²) in [5.41, 5.74) is 0.751. The molecule has 1 atom stereocenters. The molecule has 0 aliphatic carbocycles. The van der Waals surface area contributed by atoms with E-state index in [2.05, 4.69) is 28.2 Å². The van der Waals surface area contributed by atoms with Gasteiger partial charge >= 0.3 is 0 Å². The van der Waals surface area contributed by atoms with E-state index in [1.807, 2.05) is 19.1 Å². The average Bonchev–Trinajstić information content (AvgIpc) is 2.33. The van der Waals surface area contributed by atoms with E-state index in [1.165, 1.54) is 6.07 Å². The van der Waals surface area contributed by atoms with Crippen LogP contribution in [0.3, 0.4) is 0 Å². The van der Waals surface area contributed by atoms with Crippen molar-refractivity contribution in [1.29, 1.82) is 0 Å². The van der Waals surface area contributed by atoms with Gasteiger partial charge in [-0.25, -0.2) is 4.39 Å². The average molecular weight is 318 g/mol. The van der Waals surface area contributed by atoms with Crippen LogP contribution in [0.1, 0.15) is 25.8 Å². The summed E-state index contributed by atoms with van der Waals surface area (Å²) in [6.07, 6.45) is 1.59. The molecule has 0 bridgehead atoms. The van der Waals surface area contributed by atoms with Gasteiger partial charge in [0.25, 0.3) is 0 Å². The highest BCUT2D eigenvalue weighted by molar-refractivity contribution is 9.10. The Balaban J connectivity index is 2.58. The molecule has 0 spiro atoms. The largest absolute Gasteiger partial charge is 0.382 e. The lowest BCUT2D eigenvalue weighted by Gasteiger charge is -2.18. The van der Waals surface area contributed by atoms with Crippen LogP contribution in [0, 0.1) is 5.82 Å². The third-order valence-electron chi connectivity index (χ3n) is 2.79. The normalized spacial score (nSPS) is 12.7. The minimum Gasteiger partial charge on any atom is -0.382 e. The van der Waals surface area contributed by atoms with Crippen LogP contribution in [-0.4, -0.2) is 25.8 Å². The number of likely N-dealkylation sites (N-methyl/N-ethyl adjacent to an activating group) is 1. The van der Waals surface area contributed by atoms with Gasteiger partial charge in [0.2, 0.25) is 0 Å². The number of hydrogen-bond donors (Lipinski definition) is 1. The van der Waals surface area contributed by atoms with Crippen molar-refractivity contribution >= 4 is 15.9 Å². The Morgan fingerprint density at radius 1 is 1.39 bits per heavy atom. The van der Waals surface area contributed by atoms with E-state index in [-0.39, 0.29) is 11.9 Å². The van der Waals surface area contributed by atoms with Crippen molar-refractivity contribution in [1.82, 2.24) is 5.32 Å². The van der Waals surface area contributed by atoms with Gasteiger partial charge in [-0.3, -0.25) is 0 Å². The fourth-order valence-electron chi connectivity index (χ4n) is 1.89. The van der Waals surface area contributed by atoms with E-state index < -0.39 is 0 Å². The summed E-state index contributed by atoms with van der Waals surface area (Å²) in [5.74, 6) is -0.149. The van der Waals surface area contributed by atoms with Crippen molar-refractivity contribution in [2.45, 2.75) is 32.7 Å². The zero-order chi connectivity index (χ0) is 13.4. The quantitative estimate of drug-likeness (QED) is 0.740. The van der Waals surface area contributed by atoms with Crippen molar-refractivity contribution in [2.24, 2.45) is 0 Å². The Bertz CT molecular complexity index is 360. The van der Waals surface area contributed by atoms with Crippen LogP contribution in [0.2, 0.25) is 0 Å². The number of nitrogens with one attached hydrogen (secondary N) is 1. The highest BCUT2D eigenvalue weighted by Gasteiger charge is 2.11. The molecule has 0 saturated heterocycles. The summed E-state index contributed by atoms with van der Waals surface area (Å²) in [7, 11) is 0. The first kappa shape index (κ1) is 15.6. The van der Waals surface area contributed by atoms with Crippen molar-refractivity contribution < 1.29 is 9.13 Å². The standard InChI is InChI=1S/C14H21BrFNO/c1-3-17-13(7-8-18-4-2)9-11-5-6-12(15)10-14(11)16/h5-6,10,13,17H,3-4,7-9H2,1-2H3. The Morgan fingerprint density at radius 3 is 2.78 bits per heavy atom. The first-order valence-electron chi connectivity index (χ1n) is 6.42. The van der Waals surface area contributed by atoms with Crippen molar-refractivity contribution in [2.75, 3.05) is 19.8 Å². The third-order valence-corrected chi connectivity index (χ3v) is 3.28. The molecule has 0 fully saturated rings. The molecule has 0 aliphatic rings. The molecule has 4 heteroatoms. The lowest BCUT2D eigenvalue weighted by molar-refractivity contribution is 0.136. The molecule has 18 heavy (non-hydrogen) atoms. The second-order valence-electron chi connectivity index (χ2n) is 4.18. The van der Waals surface area contributed by atoms with E-state index in [1.54, 1.807) is 0 Å². The SMILES string of the molecule is CCNC(CCOCC)Cc1ccc(Br)cc1F. The molecule has 1 rings (SSSR count). The number of halogens is 2. The van der Waals surface area contributed by atoms with Gasteiger partial charge in [-0.15, -0.1) is 0 Å². The number of benzene rings is 1. The molecule has 1 aromatic rings. The highest BCUT2D eigenvalue weighted by Crippen LogP contribution is 2.17. The third kappa shape index (κ3) is 5.46. The molecule has 1 unspecified atom stereocenters. The second-order valence-corrected chi connectivity index (χ2v) is 5.10. The van der Waals surface area contributed by atoms with Gasteiger partial charge in [-0.1, -0.05) is 28.9 Å². The smallest absolute Gasteiger partial charge is 0.127 e. The van der Waals surface area contributed by atoms with Gasteiger partial charge < -0.3 is 10.1 Å². The van der Waals surface area contributed by atoms with Gasteiger partial charge in [0, 0.05) is 23.7 Å². The van der Waals surface area contributed by atoms with E-state index in [4.69, 9.17) is 4.74 Å². The van der Waals surface area contributed by atoms with E-state index in [0.29, 0.717) is 13.0 Å². The molecule has 0 saturated carbocycles. The Labute approximate surface area is 117 Å². The molecule has 0 aromatic heterocycles. The van der Waals surface area contributed by atoms with Gasteiger partial charge in [-0.05, 0) is 44.0 Å². The lowest BCUT2D eigenvalue weighted by atomic mass is 10.0. The first-order valence-corrected chi connectivity index (χ1v) is 7.21. The number of ether oxygens (including phenoxy) is 1. The monoisotopic (exact) mass is 317 g/mol. The Kier molecular flexibility index (Phi) is 7.47. The molecule has 0 amide bonds. The van der Waals surface area contributed by atoms with Crippen LogP contribution in [0.25, 0.3) is 0 Å². The molecule has 1 N–H and O–H groups in total. The molecule has 1 aromatic carbocycles. The highest BCUT2D eigenvalue weighted by atomic mass is 79.9. The van der Waals surface area contributed by atoms with Crippen molar-refractivity contribution in [3.63, 3.8) is 0 Å². The summed E-state index contributed by atoms with van der Waals surface area (Å²) in [5, 5.41) is 3.37. The van der Waals surface area contributed by atoms with Gasteiger partial charge in [0.1, 0.15) is 5.82 Å². The van der Waals surface area contributed by atoms with Crippen molar-refractivity contribution in [3.05, 3.63) is 34.1 Å². The zero-order valence-electron chi connectivity index (χ0n) is 11.0. The molecular formula is C14H21BrFNO. The van der Waals surface area contributed by atoms with Gasteiger partial charge in [-0.2, -0.15) is 0 Å². The van der Waals surface area contributed by atoms with E-state index >= 15 is 0 Å².